The normalized spacial score (nSPS) is 19.3. The first-order chi connectivity index (χ1) is 10.1. The van der Waals surface area contributed by atoms with Gasteiger partial charge >= 0.3 is 6.03 Å². The van der Waals surface area contributed by atoms with Crippen LogP contribution >= 0.6 is 0 Å². The van der Waals surface area contributed by atoms with Crippen molar-refractivity contribution in [3.63, 3.8) is 0 Å². The Morgan fingerprint density at radius 1 is 1.48 bits per heavy atom. The molecule has 0 saturated carbocycles. The number of hydrogen-bond acceptors (Lipinski definition) is 4. The Bertz CT molecular complexity index is 481. The number of aromatic nitrogens is 1. The molecule has 1 aliphatic heterocycles. The van der Waals surface area contributed by atoms with E-state index in [-0.39, 0.29) is 24.2 Å². The SMILES string of the molecule is CNC(=O)NCC1COCCN1Cc1c(F)cncc1F. The standard InChI is InChI=1S/C13H18F2N4O2/c1-16-13(20)18-4-9-8-21-3-2-19(9)7-10-11(14)5-17-6-12(10)15/h5-6,9H,2-4,7-8H2,1H3,(H2,16,18,20). The predicted octanol–water partition coefficient (Wildman–Crippen LogP) is 0.490. The van der Waals surface area contributed by atoms with Crippen LogP contribution in [0.3, 0.4) is 0 Å². The van der Waals surface area contributed by atoms with Crippen LogP contribution in [0, 0.1) is 11.6 Å². The van der Waals surface area contributed by atoms with Crippen molar-refractivity contribution in [2.75, 3.05) is 33.4 Å². The molecule has 0 spiro atoms. The van der Waals surface area contributed by atoms with E-state index in [2.05, 4.69) is 15.6 Å². The highest BCUT2D eigenvalue weighted by Crippen LogP contribution is 2.16. The van der Waals surface area contributed by atoms with E-state index in [4.69, 9.17) is 4.74 Å². The van der Waals surface area contributed by atoms with E-state index in [0.29, 0.717) is 26.3 Å². The number of carbonyl (C=O) groups excluding carboxylic acids is 1. The van der Waals surface area contributed by atoms with Gasteiger partial charge in [-0.05, 0) is 0 Å². The third kappa shape index (κ3) is 4.08. The van der Waals surface area contributed by atoms with Gasteiger partial charge < -0.3 is 15.4 Å². The van der Waals surface area contributed by atoms with Gasteiger partial charge in [-0.3, -0.25) is 9.88 Å². The Kier molecular flexibility index (Phi) is 5.40. The van der Waals surface area contributed by atoms with E-state index in [1.54, 1.807) is 0 Å². The second kappa shape index (κ2) is 7.28. The molecule has 0 aliphatic carbocycles. The van der Waals surface area contributed by atoms with Gasteiger partial charge in [0, 0.05) is 32.2 Å². The number of nitrogens with one attached hydrogen (secondary N) is 2. The monoisotopic (exact) mass is 300 g/mol. The highest BCUT2D eigenvalue weighted by Gasteiger charge is 2.25. The lowest BCUT2D eigenvalue weighted by Crippen LogP contribution is -2.51. The van der Waals surface area contributed by atoms with Gasteiger partial charge in [0.05, 0.1) is 31.6 Å². The molecule has 1 aromatic rings. The van der Waals surface area contributed by atoms with Gasteiger partial charge in [0.1, 0.15) is 11.6 Å². The van der Waals surface area contributed by atoms with Gasteiger partial charge in [-0.2, -0.15) is 0 Å². The fourth-order valence-electron chi connectivity index (χ4n) is 2.18. The quantitative estimate of drug-likeness (QED) is 0.849. The van der Waals surface area contributed by atoms with Crippen LogP contribution in [0.25, 0.3) is 0 Å². The van der Waals surface area contributed by atoms with Crippen molar-refractivity contribution in [1.29, 1.82) is 0 Å². The highest BCUT2D eigenvalue weighted by molar-refractivity contribution is 5.73. The minimum absolute atomic E-state index is 0.0168. The number of nitrogens with zero attached hydrogens (tertiary/aromatic N) is 2. The summed E-state index contributed by atoms with van der Waals surface area (Å²) in [4.78, 5) is 16.6. The van der Waals surface area contributed by atoms with Crippen molar-refractivity contribution in [2.24, 2.45) is 0 Å². The molecule has 1 unspecified atom stereocenters. The van der Waals surface area contributed by atoms with Crippen LogP contribution in [0.1, 0.15) is 5.56 Å². The van der Waals surface area contributed by atoms with Crippen molar-refractivity contribution >= 4 is 6.03 Å². The Morgan fingerprint density at radius 3 is 2.86 bits per heavy atom. The summed E-state index contributed by atoms with van der Waals surface area (Å²) in [6, 6.07) is -0.440. The molecule has 1 saturated heterocycles. The maximum atomic E-state index is 13.7. The maximum Gasteiger partial charge on any atom is 0.314 e. The van der Waals surface area contributed by atoms with Crippen molar-refractivity contribution in [3.05, 3.63) is 29.6 Å². The van der Waals surface area contributed by atoms with Crippen LogP contribution in [0.4, 0.5) is 13.6 Å². The molecule has 21 heavy (non-hydrogen) atoms. The van der Waals surface area contributed by atoms with Gasteiger partial charge in [0.25, 0.3) is 0 Å². The third-order valence-electron chi connectivity index (χ3n) is 3.39. The van der Waals surface area contributed by atoms with E-state index in [1.807, 2.05) is 4.90 Å². The fourth-order valence-corrected chi connectivity index (χ4v) is 2.18. The Hall–Kier alpha value is -1.80. The number of urea groups is 1. The zero-order valence-corrected chi connectivity index (χ0v) is 11.7. The van der Waals surface area contributed by atoms with Crippen LogP contribution in [0.15, 0.2) is 12.4 Å². The molecule has 1 aromatic heterocycles. The summed E-state index contributed by atoms with van der Waals surface area (Å²) in [6.07, 6.45) is 1.99. The Morgan fingerprint density at radius 2 is 2.19 bits per heavy atom. The summed E-state index contributed by atoms with van der Waals surface area (Å²) < 4.78 is 32.7. The number of ether oxygens (including phenoxy) is 1. The summed E-state index contributed by atoms with van der Waals surface area (Å²) in [5, 5.41) is 5.13. The van der Waals surface area contributed by atoms with E-state index in [9.17, 15) is 13.6 Å². The number of pyridine rings is 1. The lowest BCUT2D eigenvalue weighted by Gasteiger charge is -2.35. The minimum atomic E-state index is -0.667. The van der Waals surface area contributed by atoms with E-state index < -0.39 is 11.6 Å². The molecule has 0 bridgehead atoms. The molecule has 1 atom stereocenters. The number of carbonyl (C=O) groups is 1. The molecule has 2 rings (SSSR count). The summed E-state index contributed by atoms with van der Waals surface area (Å²) in [5.41, 5.74) is -0.0168. The molecule has 8 heteroatoms. The van der Waals surface area contributed by atoms with Crippen molar-refractivity contribution < 1.29 is 18.3 Å². The molecular weight excluding hydrogens is 282 g/mol. The number of rotatable bonds is 4. The average molecular weight is 300 g/mol. The largest absolute Gasteiger partial charge is 0.378 e. The lowest BCUT2D eigenvalue weighted by molar-refractivity contribution is -0.0108. The molecule has 0 radical (unpaired) electrons. The highest BCUT2D eigenvalue weighted by atomic mass is 19.1. The summed E-state index contributed by atoms with van der Waals surface area (Å²) in [7, 11) is 1.52. The van der Waals surface area contributed by atoms with E-state index in [0.717, 1.165) is 12.4 Å². The number of amides is 2. The zero-order chi connectivity index (χ0) is 15.2. The van der Waals surface area contributed by atoms with Gasteiger partial charge in [0.2, 0.25) is 0 Å². The summed E-state index contributed by atoms with van der Waals surface area (Å²) >= 11 is 0. The predicted molar refractivity (Wildman–Crippen MR) is 71.6 cm³/mol. The molecule has 2 amide bonds. The van der Waals surface area contributed by atoms with Crippen LogP contribution in [0.2, 0.25) is 0 Å². The molecule has 6 nitrogen and oxygen atoms in total. The lowest BCUT2D eigenvalue weighted by atomic mass is 10.1. The molecule has 1 aliphatic rings. The first kappa shape index (κ1) is 15.6. The van der Waals surface area contributed by atoms with Gasteiger partial charge in [-0.15, -0.1) is 0 Å². The summed E-state index contributed by atoms with van der Waals surface area (Å²) in [6.45, 7) is 1.89. The van der Waals surface area contributed by atoms with Crippen LogP contribution in [-0.4, -0.2) is 55.3 Å². The Balaban J connectivity index is 2.03. The first-order valence-electron chi connectivity index (χ1n) is 6.67. The van der Waals surface area contributed by atoms with Crippen molar-refractivity contribution in [1.82, 2.24) is 20.5 Å². The van der Waals surface area contributed by atoms with Crippen LogP contribution in [0.5, 0.6) is 0 Å². The molecule has 116 valence electrons. The number of hydrogen-bond donors (Lipinski definition) is 2. The topological polar surface area (TPSA) is 66.5 Å². The molecule has 2 heterocycles. The zero-order valence-electron chi connectivity index (χ0n) is 11.7. The summed E-state index contributed by atoms with van der Waals surface area (Å²) in [5.74, 6) is -1.33. The molecular formula is C13H18F2N4O2. The van der Waals surface area contributed by atoms with Gasteiger partial charge in [-0.25, -0.2) is 13.6 Å². The third-order valence-corrected chi connectivity index (χ3v) is 3.39. The van der Waals surface area contributed by atoms with E-state index in [1.165, 1.54) is 7.05 Å². The Labute approximate surface area is 121 Å². The maximum absolute atomic E-state index is 13.7. The molecule has 2 N–H and O–H groups in total. The second-order valence-corrected chi connectivity index (χ2v) is 4.74. The minimum Gasteiger partial charge on any atom is -0.378 e. The van der Waals surface area contributed by atoms with Gasteiger partial charge in [0.15, 0.2) is 0 Å². The van der Waals surface area contributed by atoms with E-state index >= 15 is 0 Å². The second-order valence-electron chi connectivity index (χ2n) is 4.74. The molecule has 0 aromatic carbocycles. The number of halogens is 2. The molecule has 1 fully saturated rings. The van der Waals surface area contributed by atoms with Crippen LogP contribution < -0.4 is 10.6 Å². The van der Waals surface area contributed by atoms with Crippen molar-refractivity contribution in [2.45, 2.75) is 12.6 Å². The van der Waals surface area contributed by atoms with Gasteiger partial charge in [-0.1, -0.05) is 0 Å². The smallest absolute Gasteiger partial charge is 0.314 e. The first-order valence-corrected chi connectivity index (χ1v) is 6.67. The fraction of sp³-hybridized carbons (Fsp3) is 0.538. The van der Waals surface area contributed by atoms with Crippen molar-refractivity contribution in [3.8, 4) is 0 Å². The average Bonchev–Trinajstić information content (AvgIpc) is 2.49. The number of morpholine rings is 1. The van der Waals surface area contributed by atoms with Crippen LogP contribution in [-0.2, 0) is 11.3 Å².